The van der Waals surface area contributed by atoms with Crippen LogP contribution in [-0.2, 0) is 14.3 Å². The van der Waals surface area contributed by atoms with Crippen LogP contribution in [0.25, 0.3) is 0 Å². The summed E-state index contributed by atoms with van der Waals surface area (Å²) >= 11 is 1.93. The molecule has 0 saturated carbocycles. The molecule has 1 rings (SSSR count). The van der Waals surface area contributed by atoms with E-state index < -0.39 is 5.54 Å². The molecule has 1 aliphatic heterocycles. The zero-order chi connectivity index (χ0) is 13.4. The molecule has 0 amide bonds. The van der Waals surface area contributed by atoms with Crippen molar-refractivity contribution in [3.05, 3.63) is 0 Å². The lowest BCUT2D eigenvalue weighted by molar-refractivity contribution is -0.146. The van der Waals surface area contributed by atoms with Gasteiger partial charge >= 0.3 is 5.97 Å². The second-order valence-corrected chi connectivity index (χ2v) is 6.23. The van der Waals surface area contributed by atoms with Crippen molar-refractivity contribution in [2.45, 2.75) is 50.7 Å². The highest BCUT2D eigenvalue weighted by Gasteiger charge is 2.28. The van der Waals surface area contributed by atoms with Crippen molar-refractivity contribution in [3.8, 4) is 0 Å². The lowest BCUT2D eigenvalue weighted by Crippen LogP contribution is -2.45. The van der Waals surface area contributed by atoms with Crippen LogP contribution >= 0.6 is 11.8 Å². The third kappa shape index (κ3) is 5.59. The summed E-state index contributed by atoms with van der Waals surface area (Å²) in [5, 5.41) is 0. The van der Waals surface area contributed by atoms with E-state index in [1.165, 1.54) is 20.0 Å². The van der Waals surface area contributed by atoms with Gasteiger partial charge in [-0.05, 0) is 38.4 Å². The number of unbranched alkanes of at least 4 members (excludes halogenated alkanes) is 1. The monoisotopic (exact) mass is 275 g/mol. The number of hydrogen-bond donors (Lipinski definition) is 1. The number of carbonyl (C=O) groups excluding carboxylic acids is 1. The van der Waals surface area contributed by atoms with E-state index in [9.17, 15) is 4.79 Å². The Kier molecular flexibility index (Phi) is 7.04. The molecule has 2 unspecified atom stereocenters. The molecule has 106 valence electrons. The van der Waals surface area contributed by atoms with Gasteiger partial charge in [-0.1, -0.05) is 6.42 Å². The van der Waals surface area contributed by atoms with Crippen LogP contribution in [0, 0.1) is 0 Å². The van der Waals surface area contributed by atoms with E-state index in [2.05, 4.69) is 4.74 Å². The second kappa shape index (κ2) is 8.02. The van der Waals surface area contributed by atoms with Crippen molar-refractivity contribution in [1.82, 2.24) is 0 Å². The number of rotatable bonds is 8. The smallest absolute Gasteiger partial charge is 0.325 e. The van der Waals surface area contributed by atoms with Crippen LogP contribution in [0.4, 0.5) is 0 Å². The molecule has 0 aromatic heterocycles. The topological polar surface area (TPSA) is 61.5 Å². The summed E-state index contributed by atoms with van der Waals surface area (Å²) in [4.78, 5) is 11.4. The molecule has 0 aromatic carbocycles. The summed E-state index contributed by atoms with van der Waals surface area (Å²) in [6.45, 7) is 2.66. The van der Waals surface area contributed by atoms with Gasteiger partial charge < -0.3 is 15.2 Å². The molecule has 0 bridgehead atoms. The minimum atomic E-state index is -0.839. The highest BCUT2D eigenvalue weighted by atomic mass is 32.2. The number of esters is 1. The maximum absolute atomic E-state index is 11.4. The first-order valence-electron chi connectivity index (χ1n) is 6.63. The Balaban J connectivity index is 1.99. The fraction of sp³-hybridized carbons (Fsp3) is 0.923. The van der Waals surface area contributed by atoms with Crippen LogP contribution in [0.2, 0.25) is 0 Å². The van der Waals surface area contributed by atoms with Crippen LogP contribution in [0.15, 0.2) is 0 Å². The van der Waals surface area contributed by atoms with E-state index >= 15 is 0 Å². The van der Waals surface area contributed by atoms with Crippen molar-refractivity contribution >= 4 is 17.7 Å². The third-order valence-electron chi connectivity index (χ3n) is 3.21. The lowest BCUT2D eigenvalue weighted by Gasteiger charge is -2.21. The molecule has 1 aliphatic rings. The van der Waals surface area contributed by atoms with Gasteiger partial charge in [-0.25, -0.2) is 0 Å². The summed E-state index contributed by atoms with van der Waals surface area (Å²) in [7, 11) is 1.38. The fourth-order valence-electron chi connectivity index (χ4n) is 2.02. The van der Waals surface area contributed by atoms with E-state index in [1.807, 2.05) is 11.8 Å². The van der Waals surface area contributed by atoms with E-state index in [4.69, 9.17) is 10.5 Å². The molecular formula is C13H25NO3S. The number of ether oxygens (including phenoxy) is 2. The molecule has 1 heterocycles. The zero-order valence-corrected chi connectivity index (χ0v) is 12.3. The summed E-state index contributed by atoms with van der Waals surface area (Å²) in [5.41, 5.74) is 5.04. The van der Waals surface area contributed by atoms with Gasteiger partial charge in [-0.2, -0.15) is 11.8 Å². The zero-order valence-electron chi connectivity index (χ0n) is 11.4. The molecule has 1 fully saturated rings. The largest absolute Gasteiger partial charge is 0.468 e. The Morgan fingerprint density at radius 2 is 2.33 bits per heavy atom. The van der Waals surface area contributed by atoms with Crippen molar-refractivity contribution in [3.63, 3.8) is 0 Å². The van der Waals surface area contributed by atoms with Gasteiger partial charge in [0.25, 0.3) is 0 Å². The minimum Gasteiger partial charge on any atom is -0.468 e. The lowest BCUT2D eigenvalue weighted by atomic mass is 9.97. The van der Waals surface area contributed by atoms with E-state index in [0.29, 0.717) is 12.5 Å². The van der Waals surface area contributed by atoms with Gasteiger partial charge in [0.2, 0.25) is 0 Å². The Labute approximate surface area is 114 Å². The molecule has 0 aromatic rings. The fourth-order valence-corrected chi connectivity index (χ4v) is 3.12. The Bertz CT molecular complexity index is 253. The van der Waals surface area contributed by atoms with Gasteiger partial charge in [0.05, 0.1) is 13.2 Å². The average Bonchev–Trinajstić information content (AvgIpc) is 2.85. The number of thioether (sulfide) groups is 1. The molecule has 1 saturated heterocycles. The van der Waals surface area contributed by atoms with E-state index in [1.54, 1.807) is 6.92 Å². The van der Waals surface area contributed by atoms with Crippen molar-refractivity contribution < 1.29 is 14.3 Å². The van der Waals surface area contributed by atoms with Crippen molar-refractivity contribution in [2.75, 3.05) is 25.2 Å². The highest BCUT2D eigenvalue weighted by molar-refractivity contribution is 7.99. The highest BCUT2D eigenvalue weighted by Crippen LogP contribution is 2.19. The minimum absolute atomic E-state index is 0.325. The van der Waals surface area contributed by atoms with Crippen molar-refractivity contribution in [2.24, 2.45) is 5.73 Å². The number of carbonyl (C=O) groups is 1. The molecule has 18 heavy (non-hydrogen) atoms. The van der Waals surface area contributed by atoms with Gasteiger partial charge in [-0.3, -0.25) is 4.79 Å². The van der Waals surface area contributed by atoms with Crippen LogP contribution in [0.5, 0.6) is 0 Å². The number of nitrogens with two attached hydrogens (primary N) is 1. The molecule has 0 aliphatic carbocycles. The predicted molar refractivity (Wildman–Crippen MR) is 74.8 cm³/mol. The van der Waals surface area contributed by atoms with Gasteiger partial charge in [0, 0.05) is 12.4 Å². The summed E-state index contributed by atoms with van der Waals surface area (Å²) < 4.78 is 10.2. The van der Waals surface area contributed by atoms with Crippen LogP contribution in [-0.4, -0.2) is 42.8 Å². The Morgan fingerprint density at radius 3 is 2.94 bits per heavy atom. The molecule has 2 atom stereocenters. The number of hydrogen-bond acceptors (Lipinski definition) is 5. The first kappa shape index (κ1) is 15.8. The molecular weight excluding hydrogens is 250 g/mol. The molecule has 5 heteroatoms. The summed E-state index contributed by atoms with van der Waals surface area (Å²) in [6.07, 6.45) is 5.60. The van der Waals surface area contributed by atoms with Crippen LogP contribution in [0.1, 0.15) is 39.0 Å². The predicted octanol–water partition coefficient (Wildman–Crippen LogP) is 1.96. The van der Waals surface area contributed by atoms with E-state index in [-0.39, 0.29) is 5.97 Å². The standard InChI is InChI=1S/C13H25NO3S/c1-13(14,12(15)16-2)7-3-4-9-18-10-11-6-5-8-17-11/h11H,3-10,14H2,1-2H3. The third-order valence-corrected chi connectivity index (χ3v) is 4.40. The average molecular weight is 275 g/mol. The Morgan fingerprint density at radius 1 is 1.56 bits per heavy atom. The SMILES string of the molecule is COC(=O)C(C)(N)CCCCSCC1CCCO1. The molecule has 0 radical (unpaired) electrons. The quantitative estimate of drug-likeness (QED) is 0.542. The van der Waals surface area contributed by atoms with Gasteiger partial charge in [-0.15, -0.1) is 0 Å². The second-order valence-electron chi connectivity index (χ2n) is 5.08. The summed E-state index contributed by atoms with van der Waals surface area (Å²) in [5.74, 6) is 1.88. The van der Waals surface area contributed by atoms with E-state index in [0.717, 1.165) is 31.0 Å². The number of methoxy groups -OCH3 is 1. The van der Waals surface area contributed by atoms with Gasteiger partial charge in [0.15, 0.2) is 0 Å². The molecule has 4 nitrogen and oxygen atoms in total. The maximum atomic E-state index is 11.4. The van der Waals surface area contributed by atoms with Gasteiger partial charge in [0.1, 0.15) is 5.54 Å². The summed E-state index contributed by atoms with van der Waals surface area (Å²) in [6, 6.07) is 0. The molecule has 0 spiro atoms. The van der Waals surface area contributed by atoms with Crippen LogP contribution in [0.3, 0.4) is 0 Å². The first-order chi connectivity index (χ1) is 8.56. The normalized spacial score (nSPS) is 22.7. The maximum Gasteiger partial charge on any atom is 0.325 e. The van der Waals surface area contributed by atoms with Crippen LogP contribution < -0.4 is 5.73 Å². The van der Waals surface area contributed by atoms with Crippen molar-refractivity contribution in [1.29, 1.82) is 0 Å². The first-order valence-corrected chi connectivity index (χ1v) is 7.78. The molecule has 2 N–H and O–H groups in total. The Hall–Kier alpha value is -0.260.